The number of anilines is 1. The number of esters is 1. The number of urea groups is 1. The number of nitrogens with zero attached hydrogens (tertiary/aromatic N) is 1. The van der Waals surface area contributed by atoms with Crippen molar-refractivity contribution in [2.24, 2.45) is 0 Å². The number of amides is 2. The SMILES string of the molecule is Cc1c(C(=O)Oc2ccc(NC(=O)NC3CCCCC3)cc2)sc2ccc([N+](=O)[O-])cc12. The highest BCUT2D eigenvalue weighted by molar-refractivity contribution is 7.21. The molecule has 1 heterocycles. The number of aryl methyl sites for hydroxylation is 1. The molecule has 2 aromatic carbocycles. The van der Waals surface area contributed by atoms with Gasteiger partial charge in [0, 0.05) is 33.9 Å². The van der Waals surface area contributed by atoms with Crippen LogP contribution in [0.5, 0.6) is 5.75 Å². The fourth-order valence-electron chi connectivity index (χ4n) is 3.88. The number of carbonyl (C=O) groups excluding carboxylic acids is 2. The number of nitro benzene ring substituents is 1. The van der Waals surface area contributed by atoms with E-state index in [9.17, 15) is 19.7 Å². The van der Waals surface area contributed by atoms with Gasteiger partial charge < -0.3 is 15.4 Å². The van der Waals surface area contributed by atoms with Crippen molar-refractivity contribution in [3.05, 3.63) is 63.0 Å². The van der Waals surface area contributed by atoms with Crippen LogP contribution in [-0.2, 0) is 0 Å². The standard InChI is InChI=1S/C23H23N3O5S/c1-14-19-13-17(26(29)30)9-12-20(19)32-21(14)22(27)31-18-10-7-16(8-11-18)25-23(28)24-15-5-3-2-4-6-15/h7-13,15H,2-6H2,1H3,(H2,24,25,28). The van der Waals surface area contributed by atoms with Crippen molar-refractivity contribution in [1.82, 2.24) is 5.32 Å². The summed E-state index contributed by atoms with van der Waals surface area (Å²) in [5.74, 6) is -0.182. The third kappa shape index (κ3) is 4.88. The maximum absolute atomic E-state index is 12.7. The van der Waals surface area contributed by atoms with Gasteiger partial charge in [-0.1, -0.05) is 19.3 Å². The molecule has 1 aromatic heterocycles. The van der Waals surface area contributed by atoms with E-state index in [1.165, 1.54) is 29.9 Å². The first-order valence-electron chi connectivity index (χ1n) is 10.5. The zero-order valence-corrected chi connectivity index (χ0v) is 18.4. The van der Waals surface area contributed by atoms with Gasteiger partial charge >= 0.3 is 12.0 Å². The zero-order valence-electron chi connectivity index (χ0n) is 17.6. The number of non-ortho nitro benzene ring substituents is 1. The van der Waals surface area contributed by atoms with Crippen molar-refractivity contribution in [1.29, 1.82) is 0 Å². The molecule has 0 unspecified atom stereocenters. The third-order valence-corrected chi connectivity index (χ3v) is 6.83. The van der Waals surface area contributed by atoms with E-state index < -0.39 is 10.9 Å². The van der Waals surface area contributed by atoms with E-state index in [1.54, 1.807) is 37.3 Å². The first-order chi connectivity index (χ1) is 15.4. The van der Waals surface area contributed by atoms with Crippen molar-refractivity contribution in [3.63, 3.8) is 0 Å². The van der Waals surface area contributed by atoms with Crippen LogP contribution < -0.4 is 15.4 Å². The number of rotatable bonds is 5. The van der Waals surface area contributed by atoms with Crippen LogP contribution in [0.2, 0.25) is 0 Å². The summed E-state index contributed by atoms with van der Waals surface area (Å²) in [6.45, 7) is 1.75. The maximum Gasteiger partial charge on any atom is 0.354 e. The van der Waals surface area contributed by atoms with Crippen molar-refractivity contribution in [2.45, 2.75) is 45.1 Å². The number of carbonyl (C=O) groups is 2. The van der Waals surface area contributed by atoms with E-state index in [2.05, 4.69) is 10.6 Å². The molecule has 0 radical (unpaired) electrons. The molecule has 3 aromatic rings. The third-order valence-electron chi connectivity index (χ3n) is 5.58. The fourth-order valence-corrected chi connectivity index (χ4v) is 4.94. The molecule has 8 nitrogen and oxygen atoms in total. The molecule has 4 rings (SSSR count). The minimum absolute atomic E-state index is 0.0195. The molecule has 9 heteroatoms. The van der Waals surface area contributed by atoms with Gasteiger partial charge in [-0.2, -0.15) is 0 Å². The summed E-state index contributed by atoms with van der Waals surface area (Å²) in [5.41, 5.74) is 1.23. The predicted molar refractivity (Wildman–Crippen MR) is 124 cm³/mol. The second-order valence-electron chi connectivity index (χ2n) is 7.84. The first kappa shape index (κ1) is 21.8. The van der Waals surface area contributed by atoms with E-state index in [4.69, 9.17) is 4.74 Å². The monoisotopic (exact) mass is 453 g/mol. The maximum atomic E-state index is 12.7. The molecular weight excluding hydrogens is 430 g/mol. The van der Waals surface area contributed by atoms with Crippen molar-refractivity contribution < 1.29 is 19.2 Å². The molecular formula is C23H23N3O5S. The van der Waals surface area contributed by atoms with E-state index in [-0.39, 0.29) is 17.8 Å². The number of nitrogens with one attached hydrogen (secondary N) is 2. The molecule has 1 saturated carbocycles. The summed E-state index contributed by atoms with van der Waals surface area (Å²) in [6, 6.07) is 11.1. The van der Waals surface area contributed by atoms with Gasteiger partial charge in [0.15, 0.2) is 0 Å². The Balaban J connectivity index is 1.40. The molecule has 0 saturated heterocycles. The average molecular weight is 454 g/mol. The van der Waals surface area contributed by atoms with Gasteiger partial charge in [-0.25, -0.2) is 9.59 Å². The molecule has 32 heavy (non-hydrogen) atoms. The largest absolute Gasteiger partial charge is 0.422 e. The highest BCUT2D eigenvalue weighted by Gasteiger charge is 2.20. The molecule has 2 N–H and O–H groups in total. The van der Waals surface area contributed by atoms with Crippen LogP contribution in [-0.4, -0.2) is 23.0 Å². The molecule has 2 amide bonds. The predicted octanol–water partition coefficient (Wildman–Crippen LogP) is 5.79. The number of nitro groups is 1. The molecule has 166 valence electrons. The van der Waals surface area contributed by atoms with Crippen LogP contribution in [0, 0.1) is 17.0 Å². The van der Waals surface area contributed by atoms with Crippen LogP contribution >= 0.6 is 11.3 Å². The van der Waals surface area contributed by atoms with Crippen molar-refractivity contribution >= 4 is 44.8 Å². The van der Waals surface area contributed by atoms with Crippen LogP contribution in [0.25, 0.3) is 10.1 Å². The lowest BCUT2D eigenvalue weighted by Gasteiger charge is -2.22. The van der Waals surface area contributed by atoms with Gasteiger partial charge in [0.2, 0.25) is 0 Å². The number of hydrogen-bond acceptors (Lipinski definition) is 6. The Labute approximate surface area is 188 Å². The lowest BCUT2D eigenvalue weighted by molar-refractivity contribution is -0.384. The highest BCUT2D eigenvalue weighted by Crippen LogP contribution is 2.34. The minimum atomic E-state index is -0.526. The second-order valence-corrected chi connectivity index (χ2v) is 8.89. The summed E-state index contributed by atoms with van der Waals surface area (Å²) < 4.78 is 6.26. The normalized spacial score (nSPS) is 14.2. The average Bonchev–Trinajstić information content (AvgIpc) is 3.12. The Morgan fingerprint density at radius 1 is 1.09 bits per heavy atom. The zero-order chi connectivity index (χ0) is 22.7. The van der Waals surface area contributed by atoms with Crippen LogP contribution in [0.3, 0.4) is 0 Å². The number of benzene rings is 2. The molecule has 0 bridgehead atoms. The number of ether oxygens (including phenoxy) is 1. The van der Waals surface area contributed by atoms with Crippen LogP contribution in [0.15, 0.2) is 42.5 Å². The van der Waals surface area contributed by atoms with E-state index >= 15 is 0 Å². The summed E-state index contributed by atoms with van der Waals surface area (Å²) in [6.07, 6.45) is 5.52. The lowest BCUT2D eigenvalue weighted by Crippen LogP contribution is -2.38. The molecule has 0 aliphatic heterocycles. The summed E-state index contributed by atoms with van der Waals surface area (Å²) in [4.78, 5) is 35.8. The molecule has 0 spiro atoms. The quantitative estimate of drug-likeness (QED) is 0.220. The Morgan fingerprint density at radius 3 is 2.50 bits per heavy atom. The minimum Gasteiger partial charge on any atom is -0.422 e. The summed E-state index contributed by atoms with van der Waals surface area (Å²) in [7, 11) is 0. The van der Waals surface area contributed by atoms with E-state index in [0.717, 1.165) is 30.4 Å². The second kappa shape index (κ2) is 9.35. The van der Waals surface area contributed by atoms with Crippen molar-refractivity contribution in [3.8, 4) is 5.75 Å². The van der Waals surface area contributed by atoms with Gasteiger partial charge in [-0.05, 0) is 55.7 Å². The molecule has 1 aliphatic rings. The van der Waals surface area contributed by atoms with Crippen LogP contribution in [0.1, 0.15) is 47.3 Å². The topological polar surface area (TPSA) is 111 Å². The van der Waals surface area contributed by atoms with Crippen molar-refractivity contribution in [2.75, 3.05) is 5.32 Å². The Bertz CT molecular complexity index is 1170. The summed E-state index contributed by atoms with van der Waals surface area (Å²) >= 11 is 1.24. The van der Waals surface area contributed by atoms with Gasteiger partial charge in [0.05, 0.1) is 4.92 Å². The molecule has 0 atom stereocenters. The number of thiophene rings is 1. The molecule has 1 fully saturated rings. The Morgan fingerprint density at radius 2 is 1.81 bits per heavy atom. The number of hydrogen-bond donors (Lipinski definition) is 2. The smallest absolute Gasteiger partial charge is 0.354 e. The van der Waals surface area contributed by atoms with Gasteiger partial charge in [-0.3, -0.25) is 10.1 Å². The van der Waals surface area contributed by atoms with Gasteiger partial charge in [-0.15, -0.1) is 11.3 Å². The van der Waals surface area contributed by atoms with Gasteiger partial charge in [0.1, 0.15) is 10.6 Å². The fraction of sp³-hybridized carbons (Fsp3) is 0.304. The summed E-state index contributed by atoms with van der Waals surface area (Å²) in [5, 5.41) is 17.5. The lowest BCUT2D eigenvalue weighted by atomic mass is 9.96. The first-order valence-corrected chi connectivity index (χ1v) is 11.3. The van der Waals surface area contributed by atoms with Crippen LogP contribution in [0.4, 0.5) is 16.2 Å². The molecule has 1 aliphatic carbocycles. The highest BCUT2D eigenvalue weighted by atomic mass is 32.1. The van der Waals surface area contributed by atoms with E-state index in [1.807, 2.05) is 0 Å². The Kier molecular flexibility index (Phi) is 6.36. The van der Waals surface area contributed by atoms with Gasteiger partial charge in [0.25, 0.3) is 5.69 Å². The van der Waals surface area contributed by atoms with E-state index in [0.29, 0.717) is 27.3 Å². The number of fused-ring (bicyclic) bond motifs is 1. The Hall–Kier alpha value is -3.46.